The number of primary amides is 1. The van der Waals surface area contributed by atoms with Gasteiger partial charge in [-0.05, 0) is 31.9 Å². The summed E-state index contributed by atoms with van der Waals surface area (Å²) in [4.78, 5) is 14.1. The Labute approximate surface area is 114 Å². The Morgan fingerprint density at radius 3 is 2.74 bits per heavy atom. The van der Waals surface area contributed by atoms with Crippen molar-refractivity contribution in [3.8, 4) is 0 Å². The lowest BCUT2D eigenvalue weighted by Crippen LogP contribution is -2.57. The maximum absolute atomic E-state index is 12.0. The van der Waals surface area contributed by atoms with Crippen molar-refractivity contribution in [3.63, 3.8) is 0 Å². The Morgan fingerprint density at radius 1 is 1.47 bits per heavy atom. The van der Waals surface area contributed by atoms with Gasteiger partial charge >= 0.3 is 0 Å². The molecule has 1 aromatic rings. The van der Waals surface area contributed by atoms with Gasteiger partial charge < -0.3 is 10.5 Å². The Hall–Kier alpha value is -1.39. The quantitative estimate of drug-likeness (QED) is 0.879. The minimum absolute atomic E-state index is 0.159. The van der Waals surface area contributed by atoms with Crippen molar-refractivity contribution in [1.29, 1.82) is 0 Å². The second-order valence-electron chi connectivity index (χ2n) is 5.21. The summed E-state index contributed by atoms with van der Waals surface area (Å²) in [6, 6.07) is 10.4. The number of carbonyl (C=O) groups excluding carboxylic acids is 1. The zero-order chi connectivity index (χ0) is 13.9. The van der Waals surface area contributed by atoms with Gasteiger partial charge in [-0.2, -0.15) is 0 Å². The fraction of sp³-hybridized carbons (Fsp3) is 0.533. The van der Waals surface area contributed by atoms with E-state index >= 15 is 0 Å². The number of rotatable bonds is 5. The number of amides is 1. The molecule has 4 heteroatoms. The van der Waals surface area contributed by atoms with Crippen LogP contribution in [0.4, 0.5) is 0 Å². The van der Waals surface area contributed by atoms with E-state index in [1.165, 1.54) is 5.56 Å². The summed E-state index contributed by atoms with van der Waals surface area (Å²) in [5.74, 6) is -0.283. The van der Waals surface area contributed by atoms with Crippen molar-refractivity contribution in [2.75, 3.05) is 20.3 Å². The second kappa shape index (κ2) is 5.72. The van der Waals surface area contributed by atoms with E-state index in [9.17, 15) is 4.79 Å². The molecule has 2 N–H and O–H groups in total. The van der Waals surface area contributed by atoms with Crippen LogP contribution < -0.4 is 5.73 Å². The first-order chi connectivity index (χ1) is 9.12. The van der Waals surface area contributed by atoms with E-state index in [0.29, 0.717) is 6.61 Å². The van der Waals surface area contributed by atoms with Crippen LogP contribution in [0, 0.1) is 0 Å². The predicted octanol–water partition coefficient (Wildman–Crippen LogP) is 1.71. The number of likely N-dealkylation sites (tertiary alicyclic amines) is 1. The van der Waals surface area contributed by atoms with Gasteiger partial charge in [0.15, 0.2) is 0 Å². The Kier molecular flexibility index (Phi) is 4.22. The van der Waals surface area contributed by atoms with Gasteiger partial charge in [0.05, 0.1) is 6.61 Å². The number of ether oxygens (including phenoxy) is 1. The molecule has 0 spiro atoms. The smallest absolute Gasteiger partial charge is 0.240 e. The van der Waals surface area contributed by atoms with E-state index in [0.717, 1.165) is 19.4 Å². The number of hydrogen-bond donors (Lipinski definition) is 1. The molecule has 1 aromatic carbocycles. The molecule has 1 saturated heterocycles. The maximum Gasteiger partial charge on any atom is 0.240 e. The second-order valence-corrected chi connectivity index (χ2v) is 5.21. The largest absolute Gasteiger partial charge is 0.382 e. The van der Waals surface area contributed by atoms with Crippen LogP contribution in [-0.4, -0.2) is 36.6 Å². The molecule has 2 rings (SSSR count). The van der Waals surface area contributed by atoms with Crippen LogP contribution in [0.2, 0.25) is 0 Å². The van der Waals surface area contributed by atoms with Crippen LogP contribution in [0.3, 0.4) is 0 Å². The molecule has 0 aliphatic carbocycles. The number of nitrogens with zero attached hydrogens (tertiary/aromatic N) is 1. The lowest BCUT2D eigenvalue weighted by atomic mass is 9.93. The average Bonchev–Trinajstić information content (AvgIpc) is 2.84. The van der Waals surface area contributed by atoms with Crippen LogP contribution >= 0.6 is 0 Å². The highest BCUT2D eigenvalue weighted by molar-refractivity contribution is 5.85. The maximum atomic E-state index is 12.0. The van der Waals surface area contributed by atoms with Crippen LogP contribution in [0.15, 0.2) is 30.3 Å². The lowest BCUT2D eigenvalue weighted by Gasteiger charge is -2.39. The lowest BCUT2D eigenvalue weighted by molar-refractivity contribution is -0.133. The molecule has 1 fully saturated rings. The minimum Gasteiger partial charge on any atom is -0.382 e. The van der Waals surface area contributed by atoms with E-state index in [1.807, 2.05) is 18.2 Å². The van der Waals surface area contributed by atoms with Gasteiger partial charge in [0, 0.05) is 13.2 Å². The van der Waals surface area contributed by atoms with Crippen LogP contribution in [0.25, 0.3) is 0 Å². The summed E-state index contributed by atoms with van der Waals surface area (Å²) in [5, 5.41) is 0. The highest BCUT2D eigenvalue weighted by Gasteiger charge is 2.48. The number of hydrogen-bond acceptors (Lipinski definition) is 3. The molecular formula is C15H22N2O2. The van der Waals surface area contributed by atoms with Gasteiger partial charge in [-0.1, -0.05) is 30.3 Å². The molecule has 0 aromatic heterocycles. The number of carbonyl (C=O) groups is 1. The molecule has 1 heterocycles. The molecule has 104 valence electrons. The van der Waals surface area contributed by atoms with Crippen molar-refractivity contribution in [3.05, 3.63) is 35.9 Å². The SMILES string of the molecule is COCC1(C(N)=O)CCCN1[C@@H](C)c1ccccc1. The summed E-state index contributed by atoms with van der Waals surface area (Å²) in [6.45, 7) is 3.36. The van der Waals surface area contributed by atoms with E-state index in [2.05, 4.69) is 24.0 Å². The number of nitrogens with two attached hydrogens (primary N) is 1. The van der Waals surface area contributed by atoms with Crippen molar-refractivity contribution >= 4 is 5.91 Å². The molecule has 1 aliphatic rings. The van der Waals surface area contributed by atoms with Crippen molar-refractivity contribution in [1.82, 2.24) is 4.90 Å². The Bertz CT molecular complexity index is 435. The number of methoxy groups -OCH3 is 1. The van der Waals surface area contributed by atoms with Crippen molar-refractivity contribution in [2.24, 2.45) is 5.73 Å². The summed E-state index contributed by atoms with van der Waals surface area (Å²) >= 11 is 0. The third-order valence-electron chi connectivity index (χ3n) is 4.13. The van der Waals surface area contributed by atoms with E-state index in [4.69, 9.17) is 10.5 Å². The van der Waals surface area contributed by atoms with Gasteiger partial charge in [-0.15, -0.1) is 0 Å². The Balaban J connectivity index is 2.29. The first kappa shape index (κ1) is 14.0. The van der Waals surface area contributed by atoms with Gasteiger partial charge in [-0.25, -0.2) is 0 Å². The summed E-state index contributed by atoms with van der Waals surface area (Å²) in [6.07, 6.45) is 1.75. The van der Waals surface area contributed by atoms with Crippen molar-refractivity contribution in [2.45, 2.75) is 31.3 Å². The van der Waals surface area contributed by atoms with E-state index in [1.54, 1.807) is 7.11 Å². The molecule has 2 atom stereocenters. The van der Waals surface area contributed by atoms with Crippen LogP contribution in [0.5, 0.6) is 0 Å². The molecular weight excluding hydrogens is 240 g/mol. The first-order valence-corrected chi connectivity index (χ1v) is 6.72. The van der Waals surface area contributed by atoms with Crippen LogP contribution in [0.1, 0.15) is 31.4 Å². The third-order valence-corrected chi connectivity index (χ3v) is 4.13. The fourth-order valence-electron chi connectivity index (χ4n) is 3.11. The molecule has 1 aliphatic heterocycles. The molecule has 19 heavy (non-hydrogen) atoms. The molecule has 0 bridgehead atoms. The van der Waals surface area contributed by atoms with Gasteiger partial charge in [0.1, 0.15) is 5.54 Å². The highest BCUT2D eigenvalue weighted by atomic mass is 16.5. The molecule has 4 nitrogen and oxygen atoms in total. The van der Waals surface area contributed by atoms with E-state index < -0.39 is 5.54 Å². The zero-order valence-electron chi connectivity index (χ0n) is 11.6. The molecule has 0 saturated carbocycles. The van der Waals surface area contributed by atoms with Gasteiger partial charge in [-0.3, -0.25) is 9.69 Å². The van der Waals surface area contributed by atoms with Gasteiger partial charge in [0.2, 0.25) is 5.91 Å². The topological polar surface area (TPSA) is 55.6 Å². The average molecular weight is 262 g/mol. The number of benzene rings is 1. The van der Waals surface area contributed by atoms with Gasteiger partial charge in [0.25, 0.3) is 0 Å². The summed E-state index contributed by atoms with van der Waals surface area (Å²) in [5.41, 5.74) is 6.20. The standard InChI is InChI=1S/C15H22N2O2/c1-12(13-7-4-3-5-8-13)17-10-6-9-15(17,11-19-2)14(16)18/h3-5,7-8,12H,6,9-11H2,1-2H3,(H2,16,18)/t12-,15?/m0/s1. The third kappa shape index (κ3) is 2.51. The summed E-state index contributed by atoms with van der Waals surface area (Å²) < 4.78 is 5.26. The Morgan fingerprint density at radius 2 is 2.16 bits per heavy atom. The molecule has 1 amide bonds. The predicted molar refractivity (Wildman–Crippen MR) is 74.6 cm³/mol. The molecule has 1 unspecified atom stereocenters. The molecule has 0 radical (unpaired) electrons. The zero-order valence-corrected chi connectivity index (χ0v) is 11.6. The first-order valence-electron chi connectivity index (χ1n) is 6.72. The minimum atomic E-state index is -0.663. The van der Waals surface area contributed by atoms with E-state index in [-0.39, 0.29) is 11.9 Å². The monoisotopic (exact) mass is 262 g/mol. The fourth-order valence-corrected chi connectivity index (χ4v) is 3.11. The van der Waals surface area contributed by atoms with Crippen LogP contribution in [-0.2, 0) is 9.53 Å². The summed E-state index contributed by atoms with van der Waals surface area (Å²) in [7, 11) is 1.62. The van der Waals surface area contributed by atoms with Crippen molar-refractivity contribution < 1.29 is 9.53 Å². The highest BCUT2D eigenvalue weighted by Crippen LogP contribution is 2.37. The normalized spacial score (nSPS) is 25.4.